The zero-order valence-corrected chi connectivity index (χ0v) is 9.17. The predicted octanol–water partition coefficient (Wildman–Crippen LogP) is 0.772. The van der Waals surface area contributed by atoms with Gasteiger partial charge in [0.2, 0.25) is 0 Å². The fourth-order valence-electron chi connectivity index (χ4n) is 1.58. The Morgan fingerprint density at radius 2 is 2.18 bits per heavy atom. The Kier molecular flexibility index (Phi) is 5.57. The normalized spacial score (nSPS) is 23.3. The molecular formula is C9H16F4N2O2. The summed E-state index contributed by atoms with van der Waals surface area (Å²) in [5.74, 6) is 1.18. The van der Waals surface area contributed by atoms with Gasteiger partial charge in [0.05, 0.1) is 13.2 Å². The predicted molar refractivity (Wildman–Crippen MR) is 51.8 cm³/mol. The summed E-state index contributed by atoms with van der Waals surface area (Å²) >= 11 is 0. The van der Waals surface area contributed by atoms with Crippen LogP contribution in [-0.4, -0.2) is 44.8 Å². The number of hydrogen-bond donors (Lipinski definition) is 2. The summed E-state index contributed by atoms with van der Waals surface area (Å²) in [6.07, 6.45) is -2.98. The van der Waals surface area contributed by atoms with Gasteiger partial charge < -0.3 is 9.47 Å². The van der Waals surface area contributed by atoms with E-state index in [1.807, 2.05) is 0 Å². The van der Waals surface area contributed by atoms with Crippen LogP contribution in [0.25, 0.3) is 0 Å². The fraction of sp³-hybridized carbons (Fsp3) is 1.00. The van der Waals surface area contributed by atoms with Gasteiger partial charge in [-0.05, 0) is 6.42 Å². The highest BCUT2D eigenvalue weighted by molar-refractivity contribution is 4.78. The number of halogens is 4. The Morgan fingerprint density at radius 1 is 1.47 bits per heavy atom. The first kappa shape index (κ1) is 14.6. The SMILES string of the molecule is NNC(COCC(F)(F)C(F)F)C1CCOC1. The lowest BCUT2D eigenvalue weighted by Crippen LogP contribution is -2.45. The molecule has 0 radical (unpaired) electrons. The largest absolute Gasteiger partial charge is 0.381 e. The molecule has 2 unspecified atom stereocenters. The Morgan fingerprint density at radius 3 is 2.65 bits per heavy atom. The quantitative estimate of drug-likeness (QED) is 0.403. The number of hydrazine groups is 1. The van der Waals surface area contributed by atoms with Crippen LogP contribution < -0.4 is 11.3 Å². The Balaban J connectivity index is 2.28. The average molecular weight is 260 g/mol. The number of nitrogens with two attached hydrogens (primary N) is 1. The lowest BCUT2D eigenvalue weighted by Gasteiger charge is -2.22. The van der Waals surface area contributed by atoms with E-state index in [0.29, 0.717) is 13.2 Å². The van der Waals surface area contributed by atoms with Crippen LogP contribution in [0.1, 0.15) is 6.42 Å². The van der Waals surface area contributed by atoms with Crippen LogP contribution in [0.15, 0.2) is 0 Å². The summed E-state index contributed by atoms with van der Waals surface area (Å²) in [5, 5.41) is 0. The Hall–Kier alpha value is -0.440. The van der Waals surface area contributed by atoms with E-state index < -0.39 is 19.0 Å². The van der Waals surface area contributed by atoms with Gasteiger partial charge in [-0.1, -0.05) is 0 Å². The molecule has 1 aliphatic heterocycles. The molecule has 8 heteroatoms. The first-order valence-electron chi connectivity index (χ1n) is 5.25. The van der Waals surface area contributed by atoms with Crippen molar-refractivity contribution in [1.82, 2.24) is 5.43 Å². The van der Waals surface area contributed by atoms with Crippen LogP contribution in [-0.2, 0) is 9.47 Å². The van der Waals surface area contributed by atoms with Gasteiger partial charge in [0.15, 0.2) is 0 Å². The molecule has 1 aliphatic rings. The van der Waals surface area contributed by atoms with E-state index in [-0.39, 0.29) is 18.6 Å². The molecule has 0 aliphatic carbocycles. The topological polar surface area (TPSA) is 56.5 Å². The van der Waals surface area contributed by atoms with Crippen molar-refractivity contribution in [2.75, 3.05) is 26.4 Å². The molecule has 0 saturated carbocycles. The van der Waals surface area contributed by atoms with Gasteiger partial charge in [-0.15, -0.1) is 0 Å². The van der Waals surface area contributed by atoms with E-state index in [2.05, 4.69) is 10.2 Å². The van der Waals surface area contributed by atoms with E-state index in [9.17, 15) is 17.6 Å². The molecule has 0 aromatic rings. The zero-order chi connectivity index (χ0) is 12.9. The highest BCUT2D eigenvalue weighted by Gasteiger charge is 2.41. The number of rotatable bonds is 7. The molecule has 4 nitrogen and oxygen atoms in total. The molecule has 0 amide bonds. The average Bonchev–Trinajstić information content (AvgIpc) is 2.77. The summed E-state index contributed by atoms with van der Waals surface area (Å²) in [7, 11) is 0. The second-order valence-corrected chi connectivity index (χ2v) is 3.97. The summed E-state index contributed by atoms with van der Waals surface area (Å²) in [6, 6.07) is -0.369. The van der Waals surface area contributed by atoms with E-state index >= 15 is 0 Å². The molecule has 1 fully saturated rings. The maximum absolute atomic E-state index is 12.5. The minimum atomic E-state index is -4.12. The second-order valence-electron chi connectivity index (χ2n) is 3.97. The van der Waals surface area contributed by atoms with E-state index in [4.69, 9.17) is 10.6 Å². The zero-order valence-electron chi connectivity index (χ0n) is 9.17. The van der Waals surface area contributed by atoms with Gasteiger partial charge in [0.25, 0.3) is 0 Å². The molecule has 1 saturated heterocycles. The second kappa shape index (κ2) is 6.48. The summed E-state index contributed by atoms with van der Waals surface area (Å²) in [5.41, 5.74) is 2.42. The van der Waals surface area contributed by atoms with Gasteiger partial charge in [0, 0.05) is 18.6 Å². The van der Waals surface area contributed by atoms with Crippen LogP contribution in [0.4, 0.5) is 17.6 Å². The minimum Gasteiger partial charge on any atom is -0.381 e. The molecule has 17 heavy (non-hydrogen) atoms. The van der Waals surface area contributed by atoms with Crippen molar-refractivity contribution in [3.05, 3.63) is 0 Å². The fourth-order valence-corrected chi connectivity index (χ4v) is 1.58. The molecule has 0 aromatic carbocycles. The number of hydrogen-bond acceptors (Lipinski definition) is 4. The van der Waals surface area contributed by atoms with Crippen molar-refractivity contribution in [3.63, 3.8) is 0 Å². The van der Waals surface area contributed by atoms with E-state index in [0.717, 1.165) is 6.42 Å². The lowest BCUT2D eigenvalue weighted by molar-refractivity contribution is -0.167. The molecule has 1 heterocycles. The summed E-state index contributed by atoms with van der Waals surface area (Å²) in [6.45, 7) is -0.414. The molecule has 3 N–H and O–H groups in total. The Labute approximate surface area is 96.4 Å². The van der Waals surface area contributed by atoms with E-state index in [1.54, 1.807) is 0 Å². The lowest BCUT2D eigenvalue weighted by atomic mass is 10.0. The van der Waals surface area contributed by atoms with Crippen LogP contribution in [0, 0.1) is 5.92 Å². The van der Waals surface area contributed by atoms with Gasteiger partial charge in [0.1, 0.15) is 6.61 Å². The number of nitrogens with one attached hydrogen (secondary N) is 1. The summed E-state index contributed by atoms with van der Waals surface area (Å²) < 4.78 is 58.4. The van der Waals surface area contributed by atoms with Crippen LogP contribution in [0.5, 0.6) is 0 Å². The third-order valence-electron chi connectivity index (χ3n) is 2.66. The monoisotopic (exact) mass is 260 g/mol. The highest BCUT2D eigenvalue weighted by atomic mass is 19.3. The molecule has 0 spiro atoms. The maximum Gasteiger partial charge on any atom is 0.330 e. The third-order valence-corrected chi connectivity index (χ3v) is 2.66. The Bertz CT molecular complexity index is 225. The molecule has 102 valence electrons. The van der Waals surface area contributed by atoms with Crippen molar-refractivity contribution in [2.45, 2.75) is 24.8 Å². The molecule has 1 rings (SSSR count). The third kappa shape index (κ3) is 4.38. The van der Waals surface area contributed by atoms with Gasteiger partial charge in [-0.25, -0.2) is 8.78 Å². The van der Waals surface area contributed by atoms with Gasteiger partial charge in [-0.3, -0.25) is 11.3 Å². The molecular weight excluding hydrogens is 244 g/mol. The maximum atomic E-state index is 12.5. The van der Waals surface area contributed by atoms with Gasteiger partial charge >= 0.3 is 12.3 Å². The first-order valence-corrected chi connectivity index (χ1v) is 5.25. The molecule has 0 bridgehead atoms. The smallest absolute Gasteiger partial charge is 0.330 e. The van der Waals surface area contributed by atoms with Crippen molar-refractivity contribution in [3.8, 4) is 0 Å². The van der Waals surface area contributed by atoms with Crippen molar-refractivity contribution in [1.29, 1.82) is 0 Å². The van der Waals surface area contributed by atoms with Crippen molar-refractivity contribution < 1.29 is 27.0 Å². The van der Waals surface area contributed by atoms with Gasteiger partial charge in [-0.2, -0.15) is 8.78 Å². The number of alkyl halides is 4. The van der Waals surface area contributed by atoms with E-state index in [1.165, 1.54) is 0 Å². The van der Waals surface area contributed by atoms with Crippen LogP contribution in [0.3, 0.4) is 0 Å². The number of ether oxygens (including phenoxy) is 2. The molecule has 2 atom stereocenters. The van der Waals surface area contributed by atoms with Crippen molar-refractivity contribution in [2.24, 2.45) is 11.8 Å². The standard InChI is InChI=1S/C9H16F4N2O2/c10-8(11)9(12,13)5-17-4-7(15-14)6-1-2-16-3-6/h6-8,15H,1-5,14H2. The highest BCUT2D eigenvalue weighted by Crippen LogP contribution is 2.23. The summed E-state index contributed by atoms with van der Waals surface area (Å²) in [4.78, 5) is 0. The molecule has 0 aromatic heterocycles. The first-order chi connectivity index (χ1) is 7.97. The van der Waals surface area contributed by atoms with Crippen LogP contribution in [0.2, 0.25) is 0 Å². The van der Waals surface area contributed by atoms with Crippen LogP contribution >= 0.6 is 0 Å². The van der Waals surface area contributed by atoms with Crippen molar-refractivity contribution >= 4 is 0 Å². The minimum absolute atomic E-state index is 0.0557.